The summed E-state index contributed by atoms with van der Waals surface area (Å²) in [7, 11) is 0. The van der Waals surface area contributed by atoms with Crippen molar-refractivity contribution in [2.24, 2.45) is 5.92 Å². The van der Waals surface area contributed by atoms with Crippen molar-refractivity contribution in [1.29, 1.82) is 0 Å². The van der Waals surface area contributed by atoms with Gasteiger partial charge in [-0.25, -0.2) is 4.98 Å². The third kappa shape index (κ3) is 2.85. The number of hydrogen-bond donors (Lipinski definition) is 0. The third-order valence-electron chi connectivity index (χ3n) is 5.41. The number of amides is 1. The minimum absolute atomic E-state index is 0.133. The smallest absolute Gasteiger partial charge is 0.249 e. The van der Waals surface area contributed by atoms with Crippen molar-refractivity contribution >= 4 is 17.2 Å². The minimum Gasteiger partial charge on any atom is -0.366 e. The second kappa shape index (κ2) is 6.02. The summed E-state index contributed by atoms with van der Waals surface area (Å²) in [5.41, 5.74) is 2.14. The average molecular weight is 332 g/mol. The van der Waals surface area contributed by atoms with Gasteiger partial charge in [0.25, 0.3) is 0 Å². The van der Waals surface area contributed by atoms with Crippen molar-refractivity contribution in [3.63, 3.8) is 0 Å². The Morgan fingerprint density at radius 2 is 2.22 bits per heavy atom. The highest BCUT2D eigenvalue weighted by atomic mass is 32.1. The molecule has 4 nitrogen and oxygen atoms in total. The van der Waals surface area contributed by atoms with Gasteiger partial charge in [0.1, 0.15) is 11.1 Å². The van der Waals surface area contributed by atoms with Crippen LogP contribution in [0.2, 0.25) is 0 Å². The van der Waals surface area contributed by atoms with E-state index in [9.17, 15) is 4.79 Å². The fraction of sp³-hybridized carbons (Fsp3) is 0.667. The molecule has 1 aromatic rings. The van der Waals surface area contributed by atoms with E-state index in [1.165, 1.54) is 11.3 Å². The van der Waals surface area contributed by atoms with E-state index in [2.05, 4.69) is 24.9 Å². The molecule has 5 heteroatoms. The second-order valence-electron chi connectivity index (χ2n) is 7.04. The number of aryl methyl sites for hydroxylation is 2. The molecular formula is C18H24N2O2S. The van der Waals surface area contributed by atoms with E-state index in [4.69, 9.17) is 4.74 Å². The van der Waals surface area contributed by atoms with E-state index in [0.29, 0.717) is 5.92 Å². The van der Waals surface area contributed by atoms with Gasteiger partial charge in [0.15, 0.2) is 0 Å². The lowest BCUT2D eigenvalue weighted by molar-refractivity contribution is -0.127. The molecule has 0 spiro atoms. The first-order valence-electron chi connectivity index (χ1n) is 8.69. The van der Waals surface area contributed by atoms with Gasteiger partial charge in [-0.1, -0.05) is 6.08 Å². The zero-order valence-corrected chi connectivity index (χ0v) is 14.7. The van der Waals surface area contributed by atoms with Crippen molar-refractivity contribution in [3.05, 3.63) is 27.2 Å². The van der Waals surface area contributed by atoms with E-state index in [1.54, 1.807) is 11.3 Å². The summed E-state index contributed by atoms with van der Waals surface area (Å²) >= 11 is 1.75. The van der Waals surface area contributed by atoms with Crippen molar-refractivity contribution in [2.45, 2.75) is 58.2 Å². The lowest BCUT2D eigenvalue weighted by Gasteiger charge is -2.22. The minimum atomic E-state index is 0.133. The van der Waals surface area contributed by atoms with Crippen molar-refractivity contribution in [2.75, 3.05) is 13.1 Å². The Labute approximate surface area is 141 Å². The topological polar surface area (TPSA) is 42.4 Å². The molecule has 0 radical (unpaired) electrons. The predicted octanol–water partition coefficient (Wildman–Crippen LogP) is 3.55. The molecule has 3 atom stereocenters. The SMILES string of the molecule is Cc1nc([C@@H]2C[C@@H]3CN(C(=O)C4=CCCCC4)C[C@@H]3O2)sc1C. The van der Waals surface area contributed by atoms with Gasteiger partial charge in [-0.15, -0.1) is 11.3 Å². The number of rotatable bonds is 2. The van der Waals surface area contributed by atoms with Crippen LogP contribution in [-0.2, 0) is 9.53 Å². The van der Waals surface area contributed by atoms with E-state index in [-0.39, 0.29) is 18.1 Å². The maximum Gasteiger partial charge on any atom is 0.249 e. The lowest BCUT2D eigenvalue weighted by atomic mass is 9.98. The van der Waals surface area contributed by atoms with Crippen LogP contribution < -0.4 is 0 Å². The molecule has 0 bridgehead atoms. The number of hydrogen-bond acceptors (Lipinski definition) is 4. The highest BCUT2D eigenvalue weighted by molar-refractivity contribution is 7.11. The molecule has 4 rings (SSSR count). The number of fused-ring (bicyclic) bond motifs is 1. The molecule has 0 saturated carbocycles. The Morgan fingerprint density at radius 1 is 1.35 bits per heavy atom. The lowest BCUT2D eigenvalue weighted by Crippen LogP contribution is -2.32. The van der Waals surface area contributed by atoms with Crippen LogP contribution in [0.3, 0.4) is 0 Å². The van der Waals surface area contributed by atoms with Gasteiger partial charge in [-0.3, -0.25) is 4.79 Å². The third-order valence-corrected chi connectivity index (χ3v) is 6.58. The van der Waals surface area contributed by atoms with E-state index >= 15 is 0 Å². The van der Waals surface area contributed by atoms with Gasteiger partial charge in [0, 0.05) is 29.5 Å². The van der Waals surface area contributed by atoms with Crippen molar-refractivity contribution in [1.82, 2.24) is 9.88 Å². The highest BCUT2D eigenvalue weighted by Crippen LogP contribution is 2.42. The largest absolute Gasteiger partial charge is 0.366 e. The Bertz CT molecular complexity index is 618. The molecule has 0 unspecified atom stereocenters. The normalized spacial score (nSPS) is 30.4. The summed E-state index contributed by atoms with van der Waals surface area (Å²) in [5, 5.41) is 1.11. The number of ether oxygens (including phenoxy) is 1. The van der Waals surface area contributed by atoms with E-state index in [0.717, 1.165) is 55.0 Å². The fourth-order valence-electron chi connectivity index (χ4n) is 3.96. The summed E-state index contributed by atoms with van der Waals surface area (Å²) in [6.07, 6.45) is 7.85. The van der Waals surface area contributed by atoms with Gasteiger partial charge in [-0.2, -0.15) is 0 Å². The number of nitrogens with zero attached hydrogens (tertiary/aromatic N) is 2. The Kier molecular flexibility index (Phi) is 4.01. The van der Waals surface area contributed by atoms with Crippen LogP contribution in [0.4, 0.5) is 0 Å². The molecule has 0 N–H and O–H groups in total. The summed E-state index contributed by atoms with van der Waals surface area (Å²) < 4.78 is 6.24. The molecule has 23 heavy (non-hydrogen) atoms. The first-order valence-corrected chi connectivity index (χ1v) is 9.51. The number of allylic oxidation sites excluding steroid dienone is 1. The first-order chi connectivity index (χ1) is 11.1. The zero-order valence-electron chi connectivity index (χ0n) is 13.9. The molecule has 2 aliphatic heterocycles. The molecule has 124 valence electrons. The van der Waals surface area contributed by atoms with Gasteiger partial charge in [-0.05, 0) is 46.0 Å². The average Bonchev–Trinajstić information content (AvgIpc) is 3.21. The van der Waals surface area contributed by atoms with Crippen LogP contribution in [0.1, 0.15) is 53.8 Å². The molecule has 1 amide bonds. The number of aromatic nitrogens is 1. The molecule has 0 aromatic carbocycles. The van der Waals surface area contributed by atoms with Crippen LogP contribution >= 0.6 is 11.3 Å². The van der Waals surface area contributed by atoms with Gasteiger partial charge in [0.05, 0.1) is 11.8 Å². The first kappa shape index (κ1) is 15.3. The fourth-order valence-corrected chi connectivity index (χ4v) is 4.93. The Hall–Kier alpha value is -1.20. The van der Waals surface area contributed by atoms with Gasteiger partial charge < -0.3 is 9.64 Å². The maximum absolute atomic E-state index is 12.6. The standard InChI is InChI=1S/C18H24N2O2S/c1-11-12(2)23-17(19-11)15-8-14-9-20(10-16(14)22-15)18(21)13-6-4-3-5-7-13/h6,14-16H,3-5,7-10H2,1-2H3/t14-,15+,16+/m1/s1. The van der Waals surface area contributed by atoms with Crippen LogP contribution in [0, 0.1) is 19.8 Å². The van der Waals surface area contributed by atoms with Crippen LogP contribution in [0.25, 0.3) is 0 Å². The Balaban J connectivity index is 1.40. The molecule has 1 aliphatic carbocycles. The Morgan fingerprint density at radius 3 is 2.87 bits per heavy atom. The van der Waals surface area contributed by atoms with E-state index < -0.39 is 0 Å². The molecule has 3 aliphatic rings. The second-order valence-corrected chi connectivity index (χ2v) is 8.27. The summed E-state index contributed by atoms with van der Waals surface area (Å²) in [6.45, 7) is 5.77. The predicted molar refractivity (Wildman–Crippen MR) is 90.4 cm³/mol. The molecule has 1 aromatic heterocycles. The van der Waals surface area contributed by atoms with Gasteiger partial charge in [0.2, 0.25) is 5.91 Å². The van der Waals surface area contributed by atoms with Crippen LogP contribution in [0.15, 0.2) is 11.6 Å². The summed E-state index contributed by atoms with van der Waals surface area (Å²) in [5.74, 6) is 0.720. The molecule has 2 saturated heterocycles. The number of carbonyl (C=O) groups excluding carboxylic acids is 1. The van der Waals surface area contributed by atoms with E-state index in [1.807, 2.05) is 4.90 Å². The molecule has 2 fully saturated rings. The summed E-state index contributed by atoms with van der Waals surface area (Å²) in [4.78, 5) is 20.6. The van der Waals surface area contributed by atoms with Crippen molar-refractivity contribution < 1.29 is 9.53 Å². The van der Waals surface area contributed by atoms with Crippen LogP contribution in [0.5, 0.6) is 0 Å². The summed E-state index contributed by atoms with van der Waals surface area (Å²) in [6, 6.07) is 0. The highest BCUT2D eigenvalue weighted by Gasteiger charge is 2.45. The quantitative estimate of drug-likeness (QED) is 0.832. The zero-order chi connectivity index (χ0) is 16.0. The number of likely N-dealkylation sites (tertiary alicyclic amines) is 1. The monoisotopic (exact) mass is 332 g/mol. The van der Waals surface area contributed by atoms with Crippen molar-refractivity contribution in [3.8, 4) is 0 Å². The van der Waals surface area contributed by atoms with Gasteiger partial charge >= 0.3 is 0 Å². The van der Waals surface area contributed by atoms with Crippen LogP contribution in [-0.4, -0.2) is 35.0 Å². The maximum atomic E-state index is 12.6. The molecule has 3 heterocycles. The number of thiazole rings is 1. The number of carbonyl (C=O) groups is 1. The molecular weight excluding hydrogens is 308 g/mol.